The van der Waals surface area contributed by atoms with Crippen molar-refractivity contribution in [2.75, 3.05) is 7.11 Å². The fourth-order valence-electron chi connectivity index (χ4n) is 1.77. The van der Waals surface area contributed by atoms with Crippen LogP contribution in [0.2, 0.25) is 0 Å². The second-order valence-electron chi connectivity index (χ2n) is 4.23. The lowest BCUT2D eigenvalue weighted by atomic mass is 10.2. The van der Waals surface area contributed by atoms with Crippen LogP contribution in [0.3, 0.4) is 0 Å². The first-order valence-corrected chi connectivity index (χ1v) is 6.91. The molecule has 2 rings (SSSR count). The van der Waals surface area contributed by atoms with Crippen LogP contribution in [-0.4, -0.2) is 19.0 Å². The third-order valence-electron chi connectivity index (χ3n) is 2.81. The molecular formula is C15H13BrO5. The number of hydrogen-bond donors (Lipinski definition) is 0. The van der Waals surface area contributed by atoms with Gasteiger partial charge in [-0.2, -0.15) is 0 Å². The van der Waals surface area contributed by atoms with Gasteiger partial charge in [-0.25, -0.2) is 9.59 Å². The van der Waals surface area contributed by atoms with Crippen molar-refractivity contribution in [3.63, 3.8) is 0 Å². The molecule has 2 aromatic rings. The van der Waals surface area contributed by atoms with Gasteiger partial charge in [-0.15, -0.1) is 0 Å². The van der Waals surface area contributed by atoms with Gasteiger partial charge in [0.15, 0.2) is 0 Å². The lowest BCUT2D eigenvalue weighted by Gasteiger charge is -2.04. The van der Waals surface area contributed by atoms with Crippen LogP contribution in [0.1, 0.15) is 32.2 Å². The fourth-order valence-corrected chi connectivity index (χ4v) is 2.22. The van der Waals surface area contributed by atoms with Crippen molar-refractivity contribution >= 4 is 27.9 Å². The van der Waals surface area contributed by atoms with Crippen LogP contribution in [0.5, 0.6) is 0 Å². The minimum atomic E-state index is -0.486. The Balaban J connectivity index is 2.05. The number of furan rings is 1. The molecule has 0 radical (unpaired) electrons. The number of benzene rings is 1. The molecule has 0 saturated carbocycles. The number of carbonyl (C=O) groups excluding carboxylic acids is 2. The highest BCUT2D eigenvalue weighted by Gasteiger charge is 2.17. The summed E-state index contributed by atoms with van der Waals surface area (Å²) >= 11 is 3.28. The van der Waals surface area contributed by atoms with Crippen molar-refractivity contribution in [3.05, 3.63) is 57.5 Å². The molecule has 0 bridgehead atoms. The number of rotatable bonds is 4. The highest BCUT2D eigenvalue weighted by Crippen LogP contribution is 2.19. The van der Waals surface area contributed by atoms with E-state index in [1.165, 1.54) is 13.2 Å². The highest BCUT2D eigenvalue weighted by molar-refractivity contribution is 9.10. The first kappa shape index (κ1) is 15.3. The Kier molecular flexibility index (Phi) is 4.80. The predicted molar refractivity (Wildman–Crippen MR) is 78.0 cm³/mol. The smallest absolute Gasteiger partial charge is 0.341 e. The molecule has 6 heteroatoms. The zero-order valence-electron chi connectivity index (χ0n) is 11.5. The number of halogens is 1. The van der Waals surface area contributed by atoms with Crippen LogP contribution in [0.4, 0.5) is 0 Å². The first-order chi connectivity index (χ1) is 10.0. The summed E-state index contributed by atoms with van der Waals surface area (Å²) in [6, 6.07) is 8.46. The van der Waals surface area contributed by atoms with E-state index in [1.807, 2.05) is 0 Å². The molecule has 0 atom stereocenters. The second kappa shape index (κ2) is 6.58. The quantitative estimate of drug-likeness (QED) is 0.788. The summed E-state index contributed by atoms with van der Waals surface area (Å²) in [7, 11) is 1.29. The first-order valence-electron chi connectivity index (χ1n) is 6.12. The average Bonchev–Trinajstić information content (AvgIpc) is 2.85. The van der Waals surface area contributed by atoms with Crippen LogP contribution in [0, 0.1) is 6.92 Å². The van der Waals surface area contributed by atoms with E-state index in [4.69, 9.17) is 9.15 Å². The molecule has 0 amide bonds. The Labute approximate surface area is 130 Å². The zero-order chi connectivity index (χ0) is 15.4. The molecule has 0 aliphatic heterocycles. The molecule has 1 aromatic carbocycles. The molecule has 0 spiro atoms. The maximum atomic E-state index is 11.9. The molecule has 1 heterocycles. The van der Waals surface area contributed by atoms with Gasteiger partial charge in [-0.1, -0.05) is 12.1 Å². The topological polar surface area (TPSA) is 65.7 Å². The Morgan fingerprint density at radius 2 is 1.90 bits per heavy atom. The van der Waals surface area contributed by atoms with Crippen molar-refractivity contribution in [1.29, 1.82) is 0 Å². The number of ether oxygens (including phenoxy) is 2. The summed E-state index contributed by atoms with van der Waals surface area (Å²) in [5, 5.41) is 0. The van der Waals surface area contributed by atoms with Gasteiger partial charge in [0.2, 0.25) is 0 Å². The standard InChI is InChI=1S/C15H13BrO5/c1-9-12(14(17)19-2)7-10(21-9)8-20-15(18)11-5-3-4-6-13(11)16/h3-7H,8H2,1-2H3. The molecule has 0 aliphatic carbocycles. The molecule has 0 fully saturated rings. The Morgan fingerprint density at radius 3 is 2.57 bits per heavy atom. The third-order valence-corrected chi connectivity index (χ3v) is 3.50. The number of carbonyl (C=O) groups is 2. The van der Waals surface area contributed by atoms with Gasteiger partial charge in [-0.05, 0) is 41.1 Å². The summed E-state index contributed by atoms with van der Waals surface area (Å²) < 4.78 is 15.8. The Bertz CT molecular complexity index is 674. The van der Waals surface area contributed by atoms with Crippen LogP contribution < -0.4 is 0 Å². The van der Waals surface area contributed by atoms with Gasteiger partial charge in [0.05, 0.1) is 12.7 Å². The average molecular weight is 353 g/mol. The van der Waals surface area contributed by atoms with Crippen LogP contribution >= 0.6 is 15.9 Å². The van der Waals surface area contributed by atoms with E-state index in [-0.39, 0.29) is 6.61 Å². The summed E-state index contributed by atoms with van der Waals surface area (Å²) in [5.74, 6) is -0.155. The van der Waals surface area contributed by atoms with Gasteiger partial charge < -0.3 is 13.9 Å². The van der Waals surface area contributed by atoms with Crippen molar-refractivity contribution < 1.29 is 23.5 Å². The molecule has 0 N–H and O–H groups in total. The van der Waals surface area contributed by atoms with Gasteiger partial charge in [0.1, 0.15) is 23.7 Å². The lowest BCUT2D eigenvalue weighted by Crippen LogP contribution is -2.05. The van der Waals surface area contributed by atoms with Crippen LogP contribution in [-0.2, 0) is 16.1 Å². The molecule has 0 aliphatic rings. The normalized spacial score (nSPS) is 10.2. The van der Waals surface area contributed by atoms with E-state index in [0.29, 0.717) is 27.1 Å². The van der Waals surface area contributed by atoms with Crippen molar-refractivity contribution in [1.82, 2.24) is 0 Å². The maximum Gasteiger partial charge on any atom is 0.341 e. The molecule has 21 heavy (non-hydrogen) atoms. The Hall–Kier alpha value is -2.08. The zero-order valence-corrected chi connectivity index (χ0v) is 13.1. The SMILES string of the molecule is COC(=O)c1cc(COC(=O)c2ccccc2Br)oc1C. The van der Waals surface area contributed by atoms with Gasteiger partial charge in [0.25, 0.3) is 0 Å². The maximum absolute atomic E-state index is 11.9. The minimum absolute atomic E-state index is 0.0575. The summed E-state index contributed by atoms with van der Waals surface area (Å²) in [6.07, 6.45) is 0. The highest BCUT2D eigenvalue weighted by atomic mass is 79.9. The number of methoxy groups -OCH3 is 1. The number of aryl methyl sites for hydroxylation is 1. The molecular weight excluding hydrogens is 340 g/mol. The van der Waals surface area contributed by atoms with Crippen molar-refractivity contribution in [2.45, 2.75) is 13.5 Å². The lowest BCUT2D eigenvalue weighted by molar-refractivity contribution is 0.0442. The molecule has 0 saturated heterocycles. The summed E-state index contributed by atoms with van der Waals surface area (Å²) in [5.41, 5.74) is 0.749. The van der Waals surface area contributed by atoms with Gasteiger partial charge in [-0.3, -0.25) is 0 Å². The summed E-state index contributed by atoms with van der Waals surface area (Å²) in [4.78, 5) is 23.4. The second-order valence-corrected chi connectivity index (χ2v) is 5.08. The van der Waals surface area contributed by atoms with Crippen LogP contribution in [0.15, 0.2) is 39.2 Å². The van der Waals surface area contributed by atoms with Crippen LogP contribution in [0.25, 0.3) is 0 Å². The van der Waals surface area contributed by atoms with E-state index in [2.05, 4.69) is 20.7 Å². The summed E-state index contributed by atoms with van der Waals surface area (Å²) in [6.45, 7) is 1.59. The van der Waals surface area contributed by atoms with E-state index in [1.54, 1.807) is 31.2 Å². The van der Waals surface area contributed by atoms with E-state index >= 15 is 0 Å². The van der Waals surface area contributed by atoms with E-state index in [0.717, 1.165) is 0 Å². The minimum Gasteiger partial charge on any atom is -0.465 e. The van der Waals surface area contributed by atoms with E-state index in [9.17, 15) is 9.59 Å². The van der Waals surface area contributed by atoms with E-state index < -0.39 is 11.9 Å². The monoisotopic (exact) mass is 352 g/mol. The van der Waals surface area contributed by atoms with Crippen molar-refractivity contribution in [2.24, 2.45) is 0 Å². The Morgan fingerprint density at radius 1 is 1.19 bits per heavy atom. The molecule has 5 nitrogen and oxygen atoms in total. The van der Waals surface area contributed by atoms with Crippen molar-refractivity contribution in [3.8, 4) is 0 Å². The largest absolute Gasteiger partial charge is 0.465 e. The van der Waals surface area contributed by atoms with Gasteiger partial charge in [0, 0.05) is 4.47 Å². The fraction of sp³-hybridized carbons (Fsp3) is 0.200. The predicted octanol–water partition coefficient (Wildman–Crippen LogP) is 3.49. The third kappa shape index (κ3) is 3.52. The van der Waals surface area contributed by atoms with Gasteiger partial charge >= 0.3 is 11.9 Å². The molecule has 1 aromatic heterocycles. The molecule has 0 unspecified atom stereocenters. The molecule has 110 valence electrons. The number of esters is 2. The number of hydrogen-bond acceptors (Lipinski definition) is 5.